The first-order chi connectivity index (χ1) is 25.9. The molecule has 0 aromatic heterocycles. The lowest BCUT2D eigenvalue weighted by atomic mass is 10.0. The Morgan fingerprint density at radius 2 is 0.536 bits per heavy atom. The molecule has 0 saturated carbocycles. The monoisotopic (exact) mass is 808 g/mol. The van der Waals surface area contributed by atoms with E-state index >= 15 is 0 Å². The molecule has 316 valence electrons. The number of carbonyl (C=O) groups is 11. The van der Waals surface area contributed by atoms with Crippen LogP contribution >= 0.6 is 0 Å². The number of esters is 10. The number of rotatable bonds is 22. The molecule has 0 aliphatic carbocycles. The standard InChI is InChI=1S/C33H48N2O21/c1-15(36)47-13-27(51-19(5)40)31(55-23(9)44)29(53-21(7)42)25(49-17(3)38)11-34-33(46)35-12-26(50-18(4)39)30(54-22(8)43)32(56-24(10)45)28(52-20(6)41)14-48-16(2)37/h25-32H,11-14H2,1-10H3,(H2,34,35,46)/t25-,26-,27+,28+,29+,30+,31+,32+/m0/s1. The summed E-state index contributed by atoms with van der Waals surface area (Å²) in [5.74, 6) is -9.61. The van der Waals surface area contributed by atoms with Crippen LogP contribution in [0.2, 0.25) is 0 Å². The summed E-state index contributed by atoms with van der Waals surface area (Å²) < 4.78 is 52.0. The van der Waals surface area contributed by atoms with Gasteiger partial charge in [-0.05, 0) is 0 Å². The van der Waals surface area contributed by atoms with Gasteiger partial charge < -0.3 is 58.0 Å². The number of urea groups is 1. The molecular formula is C33H48N2O21. The van der Waals surface area contributed by atoms with Crippen LogP contribution in [-0.2, 0) is 95.3 Å². The molecule has 0 aliphatic rings. The Hall–Kier alpha value is -6.03. The van der Waals surface area contributed by atoms with Gasteiger partial charge in [-0.3, -0.25) is 47.9 Å². The van der Waals surface area contributed by atoms with Crippen molar-refractivity contribution in [1.29, 1.82) is 0 Å². The molecule has 0 radical (unpaired) electrons. The van der Waals surface area contributed by atoms with E-state index < -0.39 is 141 Å². The summed E-state index contributed by atoms with van der Waals surface area (Å²) in [5, 5.41) is 4.60. The Morgan fingerprint density at radius 3 is 0.750 bits per heavy atom. The first kappa shape index (κ1) is 50.0. The molecule has 2 amide bonds. The minimum Gasteiger partial charge on any atom is -0.462 e. The highest BCUT2D eigenvalue weighted by Crippen LogP contribution is 2.22. The summed E-state index contributed by atoms with van der Waals surface area (Å²) in [6.45, 7) is 6.74. The number of nitrogens with one attached hydrogen (secondary N) is 2. The van der Waals surface area contributed by atoms with E-state index in [0.717, 1.165) is 69.2 Å². The number of carbonyl (C=O) groups excluding carboxylic acids is 11. The number of hydrogen-bond donors (Lipinski definition) is 2. The van der Waals surface area contributed by atoms with Crippen molar-refractivity contribution in [2.75, 3.05) is 26.3 Å². The molecule has 0 aliphatic heterocycles. The Labute approximate surface area is 320 Å². The molecule has 0 bridgehead atoms. The minimum atomic E-state index is -1.83. The lowest BCUT2D eigenvalue weighted by Crippen LogP contribution is -2.57. The van der Waals surface area contributed by atoms with Gasteiger partial charge in [0.15, 0.2) is 48.8 Å². The van der Waals surface area contributed by atoms with Crippen molar-refractivity contribution in [3.63, 3.8) is 0 Å². The molecule has 0 unspecified atom stereocenters. The van der Waals surface area contributed by atoms with E-state index in [1.807, 2.05) is 0 Å². The molecule has 56 heavy (non-hydrogen) atoms. The second-order valence-electron chi connectivity index (χ2n) is 11.6. The number of ether oxygens (including phenoxy) is 10. The van der Waals surface area contributed by atoms with Crippen LogP contribution < -0.4 is 10.6 Å². The molecule has 23 nitrogen and oxygen atoms in total. The maximum atomic E-state index is 13.2. The third-order valence-electron chi connectivity index (χ3n) is 6.42. The zero-order valence-electron chi connectivity index (χ0n) is 32.5. The molecule has 0 fully saturated rings. The molecule has 2 N–H and O–H groups in total. The van der Waals surface area contributed by atoms with Gasteiger partial charge in [0.2, 0.25) is 0 Å². The fourth-order valence-electron chi connectivity index (χ4n) is 4.73. The predicted molar refractivity (Wildman–Crippen MR) is 179 cm³/mol. The van der Waals surface area contributed by atoms with Crippen LogP contribution in [0.1, 0.15) is 69.2 Å². The van der Waals surface area contributed by atoms with E-state index in [1.165, 1.54) is 0 Å². The maximum Gasteiger partial charge on any atom is 0.315 e. The van der Waals surface area contributed by atoms with Crippen molar-refractivity contribution >= 4 is 65.7 Å². The van der Waals surface area contributed by atoms with Crippen molar-refractivity contribution in [3.8, 4) is 0 Å². The number of amides is 2. The summed E-state index contributed by atoms with van der Waals surface area (Å²) in [5.41, 5.74) is 0. The van der Waals surface area contributed by atoms with Crippen LogP contribution in [0.4, 0.5) is 4.79 Å². The molecular weight excluding hydrogens is 760 g/mol. The van der Waals surface area contributed by atoms with Gasteiger partial charge in [0, 0.05) is 69.2 Å². The van der Waals surface area contributed by atoms with Gasteiger partial charge in [0.1, 0.15) is 13.2 Å². The Balaban J connectivity index is 6.78. The molecule has 0 aromatic rings. The number of hydrogen-bond acceptors (Lipinski definition) is 21. The highest BCUT2D eigenvalue weighted by molar-refractivity contribution is 5.75. The van der Waals surface area contributed by atoms with E-state index in [9.17, 15) is 52.7 Å². The molecule has 0 saturated heterocycles. The highest BCUT2D eigenvalue weighted by Gasteiger charge is 2.46. The van der Waals surface area contributed by atoms with Gasteiger partial charge in [-0.1, -0.05) is 0 Å². The fourth-order valence-corrected chi connectivity index (χ4v) is 4.73. The van der Waals surface area contributed by atoms with Crippen molar-refractivity contribution in [2.24, 2.45) is 0 Å². The SMILES string of the molecule is CC(=O)OC[C@@H](OC(C)=O)[C@@H](OC(C)=O)[C@H](OC(C)=O)[C@H](CNC(=O)NC[C@H](OC(C)=O)[C@@H](OC(C)=O)[C@H](OC(C)=O)[C@@H](COC(C)=O)OC(C)=O)OC(C)=O. The van der Waals surface area contributed by atoms with Gasteiger partial charge in [-0.2, -0.15) is 0 Å². The molecule has 8 atom stereocenters. The summed E-state index contributed by atoms with van der Waals surface area (Å²) in [6.07, 6.45) is -14.0. The zero-order chi connectivity index (χ0) is 43.3. The van der Waals surface area contributed by atoms with Crippen molar-refractivity contribution in [2.45, 2.75) is 118 Å². The van der Waals surface area contributed by atoms with Gasteiger partial charge in [-0.25, -0.2) is 4.79 Å². The van der Waals surface area contributed by atoms with E-state index in [0.29, 0.717) is 0 Å². The first-order valence-corrected chi connectivity index (χ1v) is 16.6. The van der Waals surface area contributed by atoms with Crippen LogP contribution in [0.5, 0.6) is 0 Å². The molecule has 23 heteroatoms. The van der Waals surface area contributed by atoms with Crippen LogP contribution in [-0.4, -0.2) is 141 Å². The highest BCUT2D eigenvalue weighted by atomic mass is 16.7. The van der Waals surface area contributed by atoms with Crippen LogP contribution in [0, 0.1) is 0 Å². The second kappa shape index (κ2) is 25.1. The minimum absolute atomic E-state index is 0.722. The summed E-state index contributed by atoms with van der Waals surface area (Å²) >= 11 is 0. The lowest BCUT2D eigenvalue weighted by Gasteiger charge is -2.36. The molecule has 0 heterocycles. The fraction of sp³-hybridized carbons (Fsp3) is 0.667. The average molecular weight is 809 g/mol. The smallest absolute Gasteiger partial charge is 0.315 e. The third-order valence-corrected chi connectivity index (χ3v) is 6.42. The maximum absolute atomic E-state index is 13.2. The Morgan fingerprint density at radius 1 is 0.321 bits per heavy atom. The van der Waals surface area contributed by atoms with E-state index in [-0.39, 0.29) is 0 Å². The molecule has 0 aromatic carbocycles. The van der Waals surface area contributed by atoms with Crippen molar-refractivity contribution < 1.29 is 100 Å². The lowest BCUT2D eigenvalue weighted by molar-refractivity contribution is -0.202. The largest absolute Gasteiger partial charge is 0.462 e. The first-order valence-electron chi connectivity index (χ1n) is 16.6. The van der Waals surface area contributed by atoms with Crippen LogP contribution in [0.25, 0.3) is 0 Å². The van der Waals surface area contributed by atoms with Gasteiger partial charge in [-0.15, -0.1) is 0 Å². The van der Waals surface area contributed by atoms with Gasteiger partial charge >= 0.3 is 65.7 Å². The molecule has 0 spiro atoms. The van der Waals surface area contributed by atoms with Gasteiger partial charge in [0.25, 0.3) is 0 Å². The average Bonchev–Trinajstić information content (AvgIpc) is 3.03. The van der Waals surface area contributed by atoms with E-state index in [4.69, 9.17) is 47.4 Å². The summed E-state index contributed by atoms with van der Waals surface area (Å²) in [6, 6.07) is -1.12. The predicted octanol–water partition coefficient (Wildman–Crippen LogP) is -1.13. The zero-order valence-corrected chi connectivity index (χ0v) is 32.5. The normalized spacial score (nSPS) is 14.8. The van der Waals surface area contributed by atoms with E-state index in [2.05, 4.69) is 10.6 Å². The Kier molecular flexibility index (Phi) is 22.4. The van der Waals surface area contributed by atoms with E-state index in [1.54, 1.807) is 0 Å². The topological polar surface area (TPSA) is 304 Å². The van der Waals surface area contributed by atoms with Crippen LogP contribution in [0.15, 0.2) is 0 Å². The van der Waals surface area contributed by atoms with Crippen molar-refractivity contribution in [3.05, 3.63) is 0 Å². The molecule has 0 rings (SSSR count). The second-order valence-corrected chi connectivity index (χ2v) is 11.6. The van der Waals surface area contributed by atoms with Crippen molar-refractivity contribution in [1.82, 2.24) is 10.6 Å². The Bertz CT molecular complexity index is 1340. The summed E-state index contributed by atoms with van der Waals surface area (Å²) in [4.78, 5) is 133. The van der Waals surface area contributed by atoms with Crippen LogP contribution in [0.3, 0.4) is 0 Å². The summed E-state index contributed by atoms with van der Waals surface area (Å²) in [7, 11) is 0. The third kappa shape index (κ3) is 21.6. The quantitative estimate of drug-likeness (QED) is 0.0965. The van der Waals surface area contributed by atoms with Gasteiger partial charge in [0.05, 0.1) is 13.1 Å².